The van der Waals surface area contributed by atoms with Crippen LogP contribution in [0.15, 0.2) is 0 Å². The molecule has 1 atom stereocenters. The van der Waals surface area contributed by atoms with Gasteiger partial charge in [-0.3, -0.25) is 0 Å². The van der Waals surface area contributed by atoms with Gasteiger partial charge in [-0.25, -0.2) is 0 Å². The maximum Gasteiger partial charge on any atom is -0.00130 e. The van der Waals surface area contributed by atoms with Crippen molar-refractivity contribution in [2.45, 2.75) is 77.6 Å². The Kier molecular flexibility index (Phi) is 6.83. The number of hydrogen-bond donors (Lipinski definition) is 1. The lowest BCUT2D eigenvalue weighted by Crippen LogP contribution is -2.37. The van der Waals surface area contributed by atoms with Crippen molar-refractivity contribution in [3.05, 3.63) is 0 Å². The predicted molar refractivity (Wildman–Crippen MR) is 87.9 cm³/mol. The zero-order valence-corrected chi connectivity index (χ0v) is 13.7. The lowest BCUT2D eigenvalue weighted by molar-refractivity contribution is 0.147. The fraction of sp³-hybridized carbons (Fsp3) is 1.00. The van der Waals surface area contributed by atoms with Gasteiger partial charge in [0.05, 0.1) is 0 Å². The van der Waals surface area contributed by atoms with Crippen molar-refractivity contribution in [3.8, 4) is 0 Å². The SMILES string of the molecule is CCCC1CCCN(CCC2(CN)CCCCC2)CC1. The zero-order chi connectivity index (χ0) is 14.3. The van der Waals surface area contributed by atoms with E-state index in [4.69, 9.17) is 5.73 Å². The van der Waals surface area contributed by atoms with Crippen molar-refractivity contribution in [1.82, 2.24) is 4.90 Å². The van der Waals surface area contributed by atoms with Crippen LogP contribution in [0.5, 0.6) is 0 Å². The molecule has 2 heteroatoms. The van der Waals surface area contributed by atoms with Crippen LogP contribution in [0.1, 0.15) is 77.6 Å². The monoisotopic (exact) mass is 280 g/mol. The van der Waals surface area contributed by atoms with Gasteiger partial charge in [0, 0.05) is 0 Å². The van der Waals surface area contributed by atoms with E-state index in [0.717, 1.165) is 12.5 Å². The summed E-state index contributed by atoms with van der Waals surface area (Å²) in [6, 6.07) is 0. The third-order valence-corrected chi connectivity index (χ3v) is 5.94. The molecule has 1 aliphatic heterocycles. The van der Waals surface area contributed by atoms with Crippen LogP contribution in [0.25, 0.3) is 0 Å². The average molecular weight is 280 g/mol. The Morgan fingerprint density at radius 1 is 1.05 bits per heavy atom. The van der Waals surface area contributed by atoms with Crippen LogP contribution in [0.4, 0.5) is 0 Å². The molecular weight excluding hydrogens is 244 g/mol. The fourth-order valence-corrected chi connectivity index (χ4v) is 4.40. The summed E-state index contributed by atoms with van der Waals surface area (Å²) >= 11 is 0. The molecule has 2 rings (SSSR count). The Hall–Kier alpha value is -0.0800. The summed E-state index contributed by atoms with van der Waals surface area (Å²) in [4.78, 5) is 2.74. The summed E-state index contributed by atoms with van der Waals surface area (Å²) in [6.45, 7) is 7.22. The minimum absolute atomic E-state index is 0.493. The fourth-order valence-electron chi connectivity index (χ4n) is 4.40. The first kappa shape index (κ1) is 16.3. The van der Waals surface area contributed by atoms with Gasteiger partial charge in [0.1, 0.15) is 0 Å². The molecule has 2 fully saturated rings. The Bertz CT molecular complexity index is 258. The van der Waals surface area contributed by atoms with E-state index in [9.17, 15) is 0 Å². The summed E-state index contributed by atoms with van der Waals surface area (Å²) in [7, 11) is 0. The van der Waals surface area contributed by atoms with Crippen molar-refractivity contribution in [2.75, 3.05) is 26.2 Å². The normalized spacial score (nSPS) is 28.2. The summed E-state index contributed by atoms with van der Waals surface area (Å²) < 4.78 is 0. The molecule has 2 aliphatic rings. The smallest absolute Gasteiger partial charge is 0.00130 e. The third-order valence-electron chi connectivity index (χ3n) is 5.94. The van der Waals surface area contributed by atoms with E-state index >= 15 is 0 Å². The van der Waals surface area contributed by atoms with E-state index in [2.05, 4.69) is 11.8 Å². The first-order valence-corrected chi connectivity index (χ1v) is 9.20. The van der Waals surface area contributed by atoms with Gasteiger partial charge >= 0.3 is 0 Å². The first-order chi connectivity index (χ1) is 9.78. The molecule has 0 aromatic heterocycles. The predicted octanol–water partition coefficient (Wildman–Crippen LogP) is 4.19. The van der Waals surface area contributed by atoms with Crippen molar-refractivity contribution >= 4 is 0 Å². The van der Waals surface area contributed by atoms with Crippen LogP contribution >= 0.6 is 0 Å². The lowest BCUT2D eigenvalue weighted by atomic mass is 9.72. The van der Waals surface area contributed by atoms with Crippen LogP contribution in [-0.2, 0) is 0 Å². The van der Waals surface area contributed by atoms with E-state index in [1.54, 1.807) is 0 Å². The summed E-state index contributed by atoms with van der Waals surface area (Å²) in [5.41, 5.74) is 6.62. The van der Waals surface area contributed by atoms with Gasteiger partial charge < -0.3 is 10.6 Å². The van der Waals surface area contributed by atoms with Gasteiger partial charge in [0.15, 0.2) is 0 Å². The Morgan fingerprint density at radius 2 is 1.85 bits per heavy atom. The standard InChI is InChI=1S/C18H36N2/c1-2-7-17-8-6-13-20(14-9-17)15-12-18(16-19)10-4-3-5-11-18/h17H,2-16,19H2,1H3. The molecule has 0 spiro atoms. The van der Waals surface area contributed by atoms with E-state index in [1.165, 1.54) is 90.3 Å². The van der Waals surface area contributed by atoms with E-state index in [1.807, 2.05) is 0 Å². The highest BCUT2D eigenvalue weighted by Gasteiger charge is 2.31. The first-order valence-electron chi connectivity index (χ1n) is 9.20. The molecule has 1 heterocycles. The molecule has 118 valence electrons. The van der Waals surface area contributed by atoms with Crippen molar-refractivity contribution < 1.29 is 0 Å². The highest BCUT2D eigenvalue weighted by molar-refractivity contribution is 4.85. The van der Waals surface area contributed by atoms with E-state index in [-0.39, 0.29) is 0 Å². The van der Waals surface area contributed by atoms with Crippen LogP contribution < -0.4 is 5.73 Å². The number of rotatable bonds is 6. The van der Waals surface area contributed by atoms with Crippen molar-refractivity contribution in [2.24, 2.45) is 17.1 Å². The highest BCUT2D eigenvalue weighted by Crippen LogP contribution is 2.38. The minimum atomic E-state index is 0.493. The minimum Gasteiger partial charge on any atom is -0.330 e. The maximum absolute atomic E-state index is 6.13. The molecule has 20 heavy (non-hydrogen) atoms. The molecule has 1 aliphatic carbocycles. The number of likely N-dealkylation sites (tertiary alicyclic amines) is 1. The van der Waals surface area contributed by atoms with E-state index in [0.29, 0.717) is 5.41 Å². The average Bonchev–Trinajstić information content (AvgIpc) is 2.72. The van der Waals surface area contributed by atoms with Gasteiger partial charge in [0.2, 0.25) is 0 Å². The second-order valence-electron chi connectivity index (χ2n) is 7.44. The quantitative estimate of drug-likeness (QED) is 0.790. The van der Waals surface area contributed by atoms with Crippen LogP contribution in [-0.4, -0.2) is 31.1 Å². The largest absolute Gasteiger partial charge is 0.330 e. The van der Waals surface area contributed by atoms with Gasteiger partial charge in [-0.05, 0) is 76.0 Å². The summed E-state index contributed by atoms with van der Waals surface area (Å²) in [5, 5.41) is 0. The van der Waals surface area contributed by atoms with Crippen molar-refractivity contribution in [3.63, 3.8) is 0 Å². The van der Waals surface area contributed by atoms with Crippen LogP contribution in [0.2, 0.25) is 0 Å². The molecule has 0 radical (unpaired) electrons. The Labute approximate surface area is 126 Å². The molecule has 0 amide bonds. The summed E-state index contributed by atoms with van der Waals surface area (Å²) in [5.74, 6) is 1.00. The molecule has 1 saturated heterocycles. The molecular formula is C18H36N2. The van der Waals surface area contributed by atoms with Gasteiger partial charge in [-0.2, -0.15) is 0 Å². The van der Waals surface area contributed by atoms with Gasteiger partial charge in [-0.15, -0.1) is 0 Å². The molecule has 0 bridgehead atoms. The van der Waals surface area contributed by atoms with Crippen LogP contribution in [0, 0.1) is 11.3 Å². The zero-order valence-electron chi connectivity index (χ0n) is 13.7. The topological polar surface area (TPSA) is 29.3 Å². The molecule has 0 aromatic rings. The van der Waals surface area contributed by atoms with E-state index < -0.39 is 0 Å². The van der Waals surface area contributed by atoms with Gasteiger partial charge in [0.25, 0.3) is 0 Å². The lowest BCUT2D eigenvalue weighted by Gasteiger charge is -2.38. The molecule has 2 nitrogen and oxygen atoms in total. The second kappa shape index (κ2) is 8.38. The molecule has 1 saturated carbocycles. The molecule has 2 N–H and O–H groups in total. The third kappa shape index (κ3) is 4.73. The highest BCUT2D eigenvalue weighted by atomic mass is 15.1. The Morgan fingerprint density at radius 3 is 2.55 bits per heavy atom. The molecule has 0 aromatic carbocycles. The van der Waals surface area contributed by atoms with Gasteiger partial charge in [-0.1, -0.05) is 39.0 Å². The maximum atomic E-state index is 6.13. The second-order valence-corrected chi connectivity index (χ2v) is 7.44. The number of hydrogen-bond acceptors (Lipinski definition) is 2. The number of nitrogens with zero attached hydrogens (tertiary/aromatic N) is 1. The van der Waals surface area contributed by atoms with Crippen LogP contribution in [0.3, 0.4) is 0 Å². The number of nitrogens with two attached hydrogens (primary N) is 1. The van der Waals surface area contributed by atoms with Crippen molar-refractivity contribution in [1.29, 1.82) is 0 Å². The molecule has 1 unspecified atom stereocenters. The Balaban J connectivity index is 1.75. The summed E-state index contributed by atoms with van der Waals surface area (Å²) in [6.07, 6.45) is 15.5.